The van der Waals surface area contributed by atoms with Gasteiger partial charge in [-0.05, 0) is 36.6 Å². The maximum atomic E-state index is 11.8. The standard InChI is InChI=1S/C12H13BrO3/c1-12(11(14)15-2)10-4-3-9(13)7-8(10)5-6-16-12/h3-4,7H,5-6H2,1-2H3. The second kappa shape index (κ2) is 4.18. The summed E-state index contributed by atoms with van der Waals surface area (Å²) < 4.78 is 11.4. The maximum Gasteiger partial charge on any atom is 0.342 e. The number of ether oxygens (including phenoxy) is 2. The van der Waals surface area contributed by atoms with Crippen molar-refractivity contribution in [3.63, 3.8) is 0 Å². The molecule has 1 aromatic rings. The molecule has 0 radical (unpaired) electrons. The molecular weight excluding hydrogens is 272 g/mol. The van der Waals surface area contributed by atoms with Crippen LogP contribution in [0.15, 0.2) is 22.7 Å². The molecule has 3 nitrogen and oxygen atoms in total. The van der Waals surface area contributed by atoms with E-state index < -0.39 is 5.60 Å². The second-order valence-electron chi connectivity index (χ2n) is 3.92. The molecule has 0 aliphatic carbocycles. The molecule has 1 aliphatic heterocycles. The third-order valence-electron chi connectivity index (χ3n) is 2.92. The van der Waals surface area contributed by atoms with E-state index in [2.05, 4.69) is 15.9 Å². The fraction of sp³-hybridized carbons (Fsp3) is 0.417. The fourth-order valence-electron chi connectivity index (χ4n) is 2.04. The predicted molar refractivity (Wildman–Crippen MR) is 63.2 cm³/mol. The molecule has 4 heteroatoms. The zero-order valence-corrected chi connectivity index (χ0v) is 10.8. The second-order valence-corrected chi connectivity index (χ2v) is 4.84. The van der Waals surface area contributed by atoms with Gasteiger partial charge in [-0.3, -0.25) is 0 Å². The lowest BCUT2D eigenvalue weighted by Gasteiger charge is -2.33. The SMILES string of the molecule is COC(=O)C1(C)OCCc2cc(Br)ccc21. The minimum absolute atomic E-state index is 0.351. The Morgan fingerprint density at radius 3 is 3.00 bits per heavy atom. The Morgan fingerprint density at radius 1 is 1.56 bits per heavy atom. The smallest absolute Gasteiger partial charge is 0.342 e. The van der Waals surface area contributed by atoms with E-state index in [1.165, 1.54) is 7.11 Å². The van der Waals surface area contributed by atoms with Crippen LogP contribution in [0.1, 0.15) is 18.1 Å². The van der Waals surface area contributed by atoms with E-state index in [0.717, 1.165) is 22.0 Å². The van der Waals surface area contributed by atoms with Crippen molar-refractivity contribution in [2.75, 3.05) is 13.7 Å². The van der Waals surface area contributed by atoms with Crippen LogP contribution in [0.5, 0.6) is 0 Å². The highest BCUT2D eigenvalue weighted by atomic mass is 79.9. The summed E-state index contributed by atoms with van der Waals surface area (Å²) in [6.45, 7) is 2.29. The van der Waals surface area contributed by atoms with Crippen molar-refractivity contribution in [1.29, 1.82) is 0 Å². The van der Waals surface area contributed by atoms with Gasteiger partial charge in [-0.15, -0.1) is 0 Å². The topological polar surface area (TPSA) is 35.5 Å². The first-order valence-corrected chi connectivity index (χ1v) is 5.88. The zero-order valence-electron chi connectivity index (χ0n) is 9.25. The van der Waals surface area contributed by atoms with E-state index in [-0.39, 0.29) is 5.97 Å². The Bertz CT molecular complexity index is 430. The van der Waals surface area contributed by atoms with E-state index in [9.17, 15) is 4.79 Å². The van der Waals surface area contributed by atoms with Crippen LogP contribution in [0.3, 0.4) is 0 Å². The third-order valence-corrected chi connectivity index (χ3v) is 3.41. The zero-order chi connectivity index (χ0) is 11.8. The lowest BCUT2D eigenvalue weighted by atomic mass is 9.88. The first-order chi connectivity index (χ1) is 7.58. The molecule has 0 fully saturated rings. The average molecular weight is 285 g/mol. The van der Waals surface area contributed by atoms with Gasteiger partial charge in [0.1, 0.15) is 0 Å². The van der Waals surface area contributed by atoms with E-state index in [0.29, 0.717) is 6.61 Å². The molecule has 1 aromatic carbocycles. The number of halogens is 1. The number of carbonyl (C=O) groups excluding carboxylic acids is 1. The van der Waals surface area contributed by atoms with Crippen LogP contribution in [-0.2, 0) is 26.3 Å². The number of fused-ring (bicyclic) bond motifs is 1. The number of rotatable bonds is 1. The lowest BCUT2D eigenvalue weighted by molar-refractivity contribution is -0.170. The average Bonchev–Trinajstić information content (AvgIpc) is 2.27. The number of esters is 1. The van der Waals surface area contributed by atoms with Gasteiger partial charge in [0.05, 0.1) is 13.7 Å². The van der Waals surface area contributed by atoms with Gasteiger partial charge in [0.25, 0.3) is 0 Å². The van der Waals surface area contributed by atoms with Gasteiger partial charge in [-0.25, -0.2) is 4.79 Å². The third kappa shape index (κ3) is 1.76. The molecule has 0 N–H and O–H groups in total. The Morgan fingerprint density at radius 2 is 2.31 bits per heavy atom. The van der Waals surface area contributed by atoms with Crippen LogP contribution in [0.4, 0.5) is 0 Å². The highest BCUT2D eigenvalue weighted by molar-refractivity contribution is 9.10. The summed E-state index contributed by atoms with van der Waals surface area (Å²) in [6, 6.07) is 5.85. The molecule has 2 rings (SSSR count). The van der Waals surface area contributed by atoms with E-state index in [1.54, 1.807) is 6.92 Å². The molecule has 86 valence electrons. The molecule has 0 bridgehead atoms. The molecule has 0 saturated carbocycles. The minimum Gasteiger partial charge on any atom is -0.467 e. The summed E-state index contributed by atoms with van der Waals surface area (Å²) in [5.41, 5.74) is 1.06. The lowest BCUT2D eigenvalue weighted by Crippen LogP contribution is -2.41. The highest BCUT2D eigenvalue weighted by Crippen LogP contribution is 2.35. The van der Waals surface area contributed by atoms with Crippen LogP contribution < -0.4 is 0 Å². The van der Waals surface area contributed by atoms with Gasteiger partial charge in [0.2, 0.25) is 0 Å². The Labute approximate surface area is 103 Å². The van der Waals surface area contributed by atoms with Gasteiger partial charge < -0.3 is 9.47 Å². The van der Waals surface area contributed by atoms with Crippen molar-refractivity contribution in [3.8, 4) is 0 Å². The molecule has 1 heterocycles. The largest absolute Gasteiger partial charge is 0.467 e. The van der Waals surface area contributed by atoms with Gasteiger partial charge in [0, 0.05) is 4.47 Å². The molecular formula is C12H13BrO3. The number of benzene rings is 1. The van der Waals surface area contributed by atoms with Crippen molar-refractivity contribution in [2.24, 2.45) is 0 Å². The molecule has 16 heavy (non-hydrogen) atoms. The van der Waals surface area contributed by atoms with E-state index >= 15 is 0 Å². The summed E-state index contributed by atoms with van der Waals surface area (Å²) in [6.07, 6.45) is 0.821. The summed E-state index contributed by atoms with van der Waals surface area (Å²) in [5.74, 6) is -0.351. The van der Waals surface area contributed by atoms with Crippen molar-refractivity contribution < 1.29 is 14.3 Å². The predicted octanol–water partition coefficient (Wildman–Crippen LogP) is 2.41. The summed E-state index contributed by atoms with van der Waals surface area (Å²) >= 11 is 3.43. The van der Waals surface area contributed by atoms with Crippen LogP contribution in [0.25, 0.3) is 0 Å². The number of hydrogen-bond donors (Lipinski definition) is 0. The van der Waals surface area contributed by atoms with Crippen LogP contribution in [-0.4, -0.2) is 19.7 Å². The minimum atomic E-state index is -0.969. The van der Waals surface area contributed by atoms with Crippen LogP contribution in [0, 0.1) is 0 Å². The number of hydrogen-bond acceptors (Lipinski definition) is 3. The Kier molecular flexibility index (Phi) is 3.04. The van der Waals surface area contributed by atoms with Crippen molar-refractivity contribution in [3.05, 3.63) is 33.8 Å². The quantitative estimate of drug-likeness (QED) is 0.743. The van der Waals surface area contributed by atoms with Crippen LogP contribution in [0.2, 0.25) is 0 Å². The molecule has 0 spiro atoms. The monoisotopic (exact) mass is 284 g/mol. The van der Waals surface area contributed by atoms with E-state index in [4.69, 9.17) is 9.47 Å². The molecule has 0 saturated heterocycles. The van der Waals surface area contributed by atoms with Gasteiger partial charge in [0.15, 0.2) is 5.60 Å². The van der Waals surface area contributed by atoms with Gasteiger partial charge in [-0.1, -0.05) is 22.0 Å². The summed E-state index contributed by atoms with van der Waals surface area (Å²) in [7, 11) is 1.38. The Hall–Kier alpha value is -0.870. The Balaban J connectivity index is 2.51. The molecule has 1 aliphatic rings. The van der Waals surface area contributed by atoms with Crippen molar-refractivity contribution in [2.45, 2.75) is 18.9 Å². The highest BCUT2D eigenvalue weighted by Gasteiger charge is 2.41. The first kappa shape index (κ1) is 11.6. The van der Waals surface area contributed by atoms with Crippen LogP contribution >= 0.6 is 15.9 Å². The van der Waals surface area contributed by atoms with Gasteiger partial charge >= 0.3 is 5.97 Å². The molecule has 0 amide bonds. The van der Waals surface area contributed by atoms with E-state index in [1.807, 2.05) is 18.2 Å². The van der Waals surface area contributed by atoms with Gasteiger partial charge in [-0.2, -0.15) is 0 Å². The molecule has 0 aromatic heterocycles. The number of methoxy groups -OCH3 is 1. The fourth-order valence-corrected chi connectivity index (χ4v) is 2.45. The molecule has 1 atom stereocenters. The van der Waals surface area contributed by atoms with Crippen molar-refractivity contribution >= 4 is 21.9 Å². The normalized spacial score (nSPS) is 23.7. The maximum absolute atomic E-state index is 11.8. The number of carbonyl (C=O) groups is 1. The molecule has 1 unspecified atom stereocenters. The van der Waals surface area contributed by atoms with Crippen molar-refractivity contribution in [1.82, 2.24) is 0 Å². The first-order valence-electron chi connectivity index (χ1n) is 5.09. The summed E-state index contributed by atoms with van der Waals surface area (Å²) in [5, 5.41) is 0. The summed E-state index contributed by atoms with van der Waals surface area (Å²) in [4.78, 5) is 11.8.